The van der Waals surface area contributed by atoms with Crippen LogP contribution < -0.4 is 10.1 Å². The first kappa shape index (κ1) is 19.8. The van der Waals surface area contributed by atoms with Gasteiger partial charge in [0.25, 0.3) is 5.91 Å². The maximum Gasteiger partial charge on any atom is 0.310 e. The Morgan fingerprint density at radius 3 is 2.77 bits per heavy atom. The van der Waals surface area contributed by atoms with Gasteiger partial charge in [-0.3, -0.25) is 14.4 Å². The highest BCUT2D eigenvalue weighted by atomic mass is 16.5. The Bertz CT molecular complexity index is 647. The number of para-hydroxylation sites is 1. The predicted molar refractivity (Wildman–Crippen MR) is 95.9 cm³/mol. The molecule has 0 radical (unpaired) electrons. The van der Waals surface area contributed by atoms with E-state index < -0.39 is 0 Å². The van der Waals surface area contributed by atoms with E-state index in [9.17, 15) is 14.4 Å². The minimum atomic E-state index is -0.279. The second-order valence-electron chi connectivity index (χ2n) is 6.14. The van der Waals surface area contributed by atoms with E-state index in [1.54, 1.807) is 36.1 Å². The number of esters is 1. The fraction of sp³-hybridized carbons (Fsp3) is 0.526. The first-order valence-electron chi connectivity index (χ1n) is 8.92. The zero-order chi connectivity index (χ0) is 18.9. The quantitative estimate of drug-likeness (QED) is 0.745. The fourth-order valence-electron chi connectivity index (χ4n) is 3.02. The van der Waals surface area contributed by atoms with E-state index in [-0.39, 0.29) is 36.7 Å². The van der Waals surface area contributed by atoms with E-state index in [0.717, 1.165) is 12.8 Å². The Hall–Kier alpha value is -2.57. The van der Waals surface area contributed by atoms with Crippen molar-refractivity contribution in [1.29, 1.82) is 0 Å². The Morgan fingerprint density at radius 2 is 2.04 bits per heavy atom. The van der Waals surface area contributed by atoms with Crippen molar-refractivity contribution in [3.63, 3.8) is 0 Å². The third-order valence-corrected chi connectivity index (χ3v) is 4.37. The van der Waals surface area contributed by atoms with Crippen molar-refractivity contribution >= 4 is 17.8 Å². The lowest BCUT2D eigenvalue weighted by molar-refractivity contribution is -0.151. The van der Waals surface area contributed by atoms with Crippen molar-refractivity contribution in [2.45, 2.75) is 26.2 Å². The van der Waals surface area contributed by atoms with Gasteiger partial charge >= 0.3 is 5.97 Å². The average molecular weight is 362 g/mol. The van der Waals surface area contributed by atoms with E-state index in [1.807, 2.05) is 0 Å². The van der Waals surface area contributed by atoms with Gasteiger partial charge in [-0.15, -0.1) is 0 Å². The van der Waals surface area contributed by atoms with Gasteiger partial charge in [0, 0.05) is 26.1 Å². The van der Waals surface area contributed by atoms with Crippen LogP contribution in [-0.2, 0) is 14.3 Å². The lowest BCUT2D eigenvalue weighted by atomic mass is 9.98. The smallest absolute Gasteiger partial charge is 0.310 e. The Kier molecular flexibility index (Phi) is 7.44. The van der Waals surface area contributed by atoms with E-state index >= 15 is 0 Å². The first-order chi connectivity index (χ1) is 12.6. The maximum absolute atomic E-state index is 12.4. The summed E-state index contributed by atoms with van der Waals surface area (Å²) in [5.41, 5.74) is 0.433. The van der Waals surface area contributed by atoms with Crippen LogP contribution in [0.3, 0.4) is 0 Å². The number of ether oxygens (including phenoxy) is 2. The molecule has 1 heterocycles. The van der Waals surface area contributed by atoms with Gasteiger partial charge in [0.1, 0.15) is 5.75 Å². The zero-order valence-corrected chi connectivity index (χ0v) is 15.3. The molecule has 1 N–H and O–H groups in total. The Morgan fingerprint density at radius 1 is 1.27 bits per heavy atom. The summed E-state index contributed by atoms with van der Waals surface area (Å²) in [6, 6.07) is 6.93. The summed E-state index contributed by atoms with van der Waals surface area (Å²) < 4.78 is 10.2. The maximum atomic E-state index is 12.4. The van der Waals surface area contributed by atoms with Crippen molar-refractivity contribution in [3.8, 4) is 5.75 Å². The van der Waals surface area contributed by atoms with Gasteiger partial charge in [0.05, 0.1) is 25.2 Å². The summed E-state index contributed by atoms with van der Waals surface area (Å²) in [6.07, 6.45) is 1.71. The van der Waals surface area contributed by atoms with Crippen molar-refractivity contribution in [1.82, 2.24) is 10.2 Å². The van der Waals surface area contributed by atoms with E-state index in [0.29, 0.717) is 31.0 Å². The molecule has 7 nitrogen and oxygen atoms in total. The number of carbonyl (C=O) groups is 3. The van der Waals surface area contributed by atoms with E-state index in [2.05, 4.69) is 5.32 Å². The van der Waals surface area contributed by atoms with Crippen LogP contribution in [0.15, 0.2) is 24.3 Å². The van der Waals surface area contributed by atoms with Gasteiger partial charge in [0.15, 0.2) is 0 Å². The van der Waals surface area contributed by atoms with Crippen LogP contribution in [0.2, 0.25) is 0 Å². The molecule has 0 aromatic heterocycles. The van der Waals surface area contributed by atoms with Crippen LogP contribution in [0.5, 0.6) is 5.75 Å². The molecule has 1 aliphatic rings. The van der Waals surface area contributed by atoms with Gasteiger partial charge in [-0.25, -0.2) is 0 Å². The second-order valence-corrected chi connectivity index (χ2v) is 6.14. The highest BCUT2D eigenvalue weighted by molar-refractivity contribution is 5.97. The van der Waals surface area contributed by atoms with E-state index in [1.165, 1.54) is 7.11 Å². The molecule has 2 amide bonds. The van der Waals surface area contributed by atoms with Crippen molar-refractivity contribution in [2.24, 2.45) is 5.92 Å². The number of piperidine rings is 1. The summed E-state index contributed by atoms with van der Waals surface area (Å²) in [7, 11) is 1.51. The number of amides is 2. The summed E-state index contributed by atoms with van der Waals surface area (Å²) >= 11 is 0. The number of carbonyl (C=O) groups excluding carboxylic acids is 3. The number of nitrogens with one attached hydrogen (secondary N) is 1. The fourth-order valence-corrected chi connectivity index (χ4v) is 3.02. The summed E-state index contributed by atoms with van der Waals surface area (Å²) in [5, 5.41) is 2.74. The summed E-state index contributed by atoms with van der Waals surface area (Å²) in [4.78, 5) is 38.1. The highest BCUT2D eigenvalue weighted by Gasteiger charge is 2.29. The molecular formula is C19H26N2O5. The molecule has 1 unspecified atom stereocenters. The minimum Gasteiger partial charge on any atom is -0.496 e. The third kappa shape index (κ3) is 5.21. The summed E-state index contributed by atoms with van der Waals surface area (Å²) in [5.74, 6) is -0.354. The molecule has 1 aromatic rings. The minimum absolute atomic E-state index is 0.0701. The molecule has 2 rings (SSSR count). The Labute approximate surface area is 153 Å². The van der Waals surface area contributed by atoms with Crippen LogP contribution >= 0.6 is 0 Å². The molecule has 1 fully saturated rings. The normalized spacial score (nSPS) is 16.7. The average Bonchev–Trinajstić information content (AvgIpc) is 2.68. The highest BCUT2D eigenvalue weighted by Crippen LogP contribution is 2.19. The van der Waals surface area contributed by atoms with Gasteiger partial charge in [-0.05, 0) is 31.9 Å². The molecule has 1 atom stereocenters. The van der Waals surface area contributed by atoms with Crippen LogP contribution in [0, 0.1) is 5.92 Å². The molecule has 1 saturated heterocycles. The number of rotatable bonds is 7. The number of benzene rings is 1. The van der Waals surface area contributed by atoms with Crippen LogP contribution in [0.25, 0.3) is 0 Å². The third-order valence-electron chi connectivity index (χ3n) is 4.37. The molecule has 142 valence electrons. The van der Waals surface area contributed by atoms with E-state index in [4.69, 9.17) is 9.47 Å². The van der Waals surface area contributed by atoms with Gasteiger partial charge in [0.2, 0.25) is 5.91 Å². The number of hydrogen-bond acceptors (Lipinski definition) is 5. The number of nitrogens with zero attached hydrogens (tertiary/aromatic N) is 1. The van der Waals surface area contributed by atoms with Crippen molar-refractivity contribution < 1.29 is 23.9 Å². The molecule has 0 saturated carbocycles. The zero-order valence-electron chi connectivity index (χ0n) is 15.3. The summed E-state index contributed by atoms with van der Waals surface area (Å²) in [6.45, 7) is 3.37. The molecule has 0 aliphatic carbocycles. The molecule has 26 heavy (non-hydrogen) atoms. The van der Waals surface area contributed by atoms with Crippen LogP contribution in [0.1, 0.15) is 36.5 Å². The Balaban J connectivity index is 1.81. The van der Waals surface area contributed by atoms with Gasteiger partial charge in [-0.2, -0.15) is 0 Å². The monoisotopic (exact) mass is 362 g/mol. The standard InChI is InChI=1S/C19H26N2O5/c1-3-26-19(24)14-7-6-12-21(13-14)17(22)10-11-20-18(23)15-8-4-5-9-16(15)25-2/h4-5,8-9,14H,3,6-7,10-13H2,1-2H3,(H,20,23). The molecule has 7 heteroatoms. The van der Waals surface area contributed by atoms with Crippen molar-refractivity contribution in [3.05, 3.63) is 29.8 Å². The molecule has 0 bridgehead atoms. The molecular weight excluding hydrogens is 336 g/mol. The SMILES string of the molecule is CCOC(=O)C1CCCN(C(=O)CCNC(=O)c2ccccc2OC)C1. The lowest BCUT2D eigenvalue weighted by Gasteiger charge is -2.31. The predicted octanol–water partition coefficient (Wildman–Crippen LogP) is 1.62. The topological polar surface area (TPSA) is 84.9 Å². The number of methoxy groups -OCH3 is 1. The molecule has 1 aromatic carbocycles. The van der Waals surface area contributed by atoms with Gasteiger partial charge in [-0.1, -0.05) is 12.1 Å². The number of hydrogen-bond donors (Lipinski definition) is 1. The molecule has 0 spiro atoms. The van der Waals surface area contributed by atoms with Crippen LogP contribution in [-0.4, -0.2) is 56.0 Å². The second kappa shape index (κ2) is 9.79. The lowest BCUT2D eigenvalue weighted by Crippen LogP contribution is -2.43. The molecule has 1 aliphatic heterocycles. The van der Waals surface area contributed by atoms with Gasteiger partial charge < -0.3 is 19.7 Å². The largest absolute Gasteiger partial charge is 0.496 e. The van der Waals surface area contributed by atoms with Crippen LogP contribution in [0.4, 0.5) is 0 Å². The van der Waals surface area contributed by atoms with Crippen molar-refractivity contribution in [2.75, 3.05) is 33.4 Å². The number of likely N-dealkylation sites (tertiary alicyclic amines) is 1. The first-order valence-corrected chi connectivity index (χ1v) is 8.92.